The number of rotatable bonds is 7. The van der Waals surface area contributed by atoms with Crippen LogP contribution in [0.15, 0.2) is 54.7 Å². The molecule has 160 valence electrons. The number of carbonyl (C=O) groups excluding carboxylic acids is 1. The third-order valence-electron chi connectivity index (χ3n) is 6.04. The number of aromatic amines is 1. The molecule has 0 aliphatic carbocycles. The minimum atomic E-state index is -0.0457. The Bertz CT molecular complexity index is 1220. The second-order valence-corrected chi connectivity index (χ2v) is 8.35. The topological polar surface area (TPSA) is 62.7 Å². The summed E-state index contributed by atoms with van der Waals surface area (Å²) >= 11 is 6.55. The average Bonchev–Trinajstić information content (AvgIpc) is 3.29. The highest BCUT2D eigenvalue weighted by atomic mass is 35.5. The molecular formula is C25H27ClN4O. The smallest absolute Gasteiger partial charge is 0.220 e. The quantitative estimate of drug-likeness (QED) is 0.427. The largest absolute Gasteiger partial charge is 0.361 e. The van der Waals surface area contributed by atoms with Crippen molar-refractivity contribution in [1.82, 2.24) is 20.1 Å². The first kappa shape index (κ1) is 21.2. The van der Waals surface area contributed by atoms with Crippen LogP contribution in [0.1, 0.15) is 40.4 Å². The van der Waals surface area contributed by atoms with Gasteiger partial charge in [-0.3, -0.25) is 9.48 Å². The van der Waals surface area contributed by atoms with E-state index in [4.69, 9.17) is 11.6 Å². The van der Waals surface area contributed by atoms with Crippen molar-refractivity contribution in [2.24, 2.45) is 7.05 Å². The van der Waals surface area contributed by atoms with Crippen molar-refractivity contribution >= 4 is 28.4 Å². The van der Waals surface area contributed by atoms with Crippen LogP contribution in [0.4, 0.5) is 0 Å². The Morgan fingerprint density at radius 3 is 2.61 bits per heavy atom. The molecule has 0 spiro atoms. The highest BCUT2D eigenvalue weighted by Crippen LogP contribution is 2.34. The predicted molar refractivity (Wildman–Crippen MR) is 126 cm³/mol. The van der Waals surface area contributed by atoms with E-state index in [0.29, 0.717) is 24.4 Å². The van der Waals surface area contributed by atoms with Crippen LogP contribution in [0.3, 0.4) is 0 Å². The van der Waals surface area contributed by atoms with Crippen LogP contribution in [0.5, 0.6) is 0 Å². The lowest BCUT2D eigenvalue weighted by molar-refractivity contribution is -0.121. The van der Waals surface area contributed by atoms with Gasteiger partial charge in [0.15, 0.2) is 0 Å². The zero-order valence-electron chi connectivity index (χ0n) is 18.1. The lowest BCUT2D eigenvalue weighted by atomic mass is 9.90. The number of halogens is 1. The summed E-state index contributed by atoms with van der Waals surface area (Å²) in [5.74, 6) is -0.0183. The molecule has 0 saturated carbocycles. The molecule has 0 fully saturated rings. The van der Waals surface area contributed by atoms with E-state index in [0.717, 1.165) is 39.0 Å². The molecule has 2 aromatic carbocycles. The maximum Gasteiger partial charge on any atom is 0.220 e. The van der Waals surface area contributed by atoms with Crippen LogP contribution in [0.25, 0.3) is 10.9 Å². The number of hydrogen-bond donors (Lipinski definition) is 2. The van der Waals surface area contributed by atoms with Gasteiger partial charge in [0, 0.05) is 53.7 Å². The van der Waals surface area contributed by atoms with Crippen molar-refractivity contribution in [2.75, 3.05) is 6.54 Å². The molecule has 0 aliphatic rings. The van der Waals surface area contributed by atoms with E-state index >= 15 is 0 Å². The summed E-state index contributed by atoms with van der Waals surface area (Å²) in [4.78, 5) is 16.1. The van der Waals surface area contributed by atoms with E-state index in [2.05, 4.69) is 27.5 Å². The number of benzene rings is 2. The van der Waals surface area contributed by atoms with Crippen LogP contribution in [-0.4, -0.2) is 27.2 Å². The first-order chi connectivity index (χ1) is 15.0. The number of nitrogens with zero attached hydrogens (tertiary/aromatic N) is 2. The Hall–Kier alpha value is -3.05. The molecule has 1 unspecified atom stereocenters. The molecule has 4 rings (SSSR count). The van der Waals surface area contributed by atoms with Gasteiger partial charge in [-0.1, -0.05) is 48.0 Å². The van der Waals surface area contributed by atoms with Crippen molar-refractivity contribution in [2.45, 2.75) is 32.6 Å². The monoisotopic (exact) mass is 434 g/mol. The minimum absolute atomic E-state index is 0.0274. The maximum absolute atomic E-state index is 12.7. The molecule has 2 N–H and O–H groups in total. The second kappa shape index (κ2) is 8.98. The van der Waals surface area contributed by atoms with E-state index in [-0.39, 0.29) is 11.8 Å². The maximum atomic E-state index is 12.7. The summed E-state index contributed by atoms with van der Waals surface area (Å²) in [5, 5.41) is 9.42. The standard InChI is InChI=1S/C25H27ClN4O/c1-16-18(17(2)30(3)29-16)12-13-25(31)28-15-21(19-8-4-6-10-23(19)26)22-14-27-24-11-7-5-9-20(22)24/h4-11,14,21,27H,12-13,15H2,1-3H3,(H,28,31). The van der Waals surface area contributed by atoms with E-state index in [9.17, 15) is 4.79 Å². The lowest BCUT2D eigenvalue weighted by Crippen LogP contribution is -2.29. The SMILES string of the molecule is Cc1nn(C)c(C)c1CCC(=O)NCC(c1ccccc1Cl)c1c[nH]c2ccccc12. The van der Waals surface area contributed by atoms with Crippen LogP contribution < -0.4 is 5.32 Å². The van der Waals surface area contributed by atoms with E-state index in [1.807, 2.05) is 68.2 Å². The number of aryl methyl sites for hydroxylation is 2. The van der Waals surface area contributed by atoms with Crippen LogP contribution in [0.2, 0.25) is 5.02 Å². The van der Waals surface area contributed by atoms with Gasteiger partial charge < -0.3 is 10.3 Å². The second-order valence-electron chi connectivity index (χ2n) is 7.94. The summed E-state index contributed by atoms with van der Waals surface area (Å²) in [7, 11) is 1.93. The van der Waals surface area contributed by atoms with E-state index < -0.39 is 0 Å². The van der Waals surface area contributed by atoms with Gasteiger partial charge in [-0.2, -0.15) is 5.10 Å². The van der Waals surface area contributed by atoms with Crippen molar-refractivity contribution in [3.05, 3.63) is 87.8 Å². The summed E-state index contributed by atoms with van der Waals surface area (Å²) < 4.78 is 1.87. The van der Waals surface area contributed by atoms with Gasteiger partial charge in [-0.15, -0.1) is 0 Å². The molecule has 6 heteroatoms. The molecule has 5 nitrogen and oxygen atoms in total. The van der Waals surface area contributed by atoms with Crippen LogP contribution in [-0.2, 0) is 18.3 Å². The third kappa shape index (κ3) is 4.37. The van der Waals surface area contributed by atoms with Crippen LogP contribution in [0, 0.1) is 13.8 Å². The van der Waals surface area contributed by atoms with Crippen molar-refractivity contribution < 1.29 is 4.79 Å². The first-order valence-electron chi connectivity index (χ1n) is 10.5. The molecule has 0 saturated heterocycles. The van der Waals surface area contributed by atoms with Gasteiger partial charge in [0.1, 0.15) is 0 Å². The zero-order valence-corrected chi connectivity index (χ0v) is 18.8. The highest BCUT2D eigenvalue weighted by Gasteiger charge is 2.21. The molecule has 0 aliphatic heterocycles. The van der Waals surface area contributed by atoms with Gasteiger partial charge in [0.05, 0.1) is 5.69 Å². The number of H-pyrrole nitrogens is 1. The lowest BCUT2D eigenvalue weighted by Gasteiger charge is -2.19. The minimum Gasteiger partial charge on any atom is -0.361 e. The summed E-state index contributed by atoms with van der Waals surface area (Å²) in [6, 6.07) is 16.0. The fraction of sp³-hybridized carbons (Fsp3) is 0.280. The van der Waals surface area contributed by atoms with Crippen molar-refractivity contribution in [1.29, 1.82) is 0 Å². The first-order valence-corrected chi connectivity index (χ1v) is 10.9. The molecule has 31 heavy (non-hydrogen) atoms. The Labute approximate surface area is 187 Å². The summed E-state index contributed by atoms with van der Waals surface area (Å²) in [6.07, 6.45) is 3.13. The van der Waals surface area contributed by atoms with Crippen molar-refractivity contribution in [3.8, 4) is 0 Å². The van der Waals surface area contributed by atoms with E-state index in [1.165, 1.54) is 0 Å². The molecular weight excluding hydrogens is 408 g/mol. The zero-order chi connectivity index (χ0) is 22.0. The molecule has 2 heterocycles. The van der Waals surface area contributed by atoms with Gasteiger partial charge in [0.2, 0.25) is 5.91 Å². The highest BCUT2D eigenvalue weighted by molar-refractivity contribution is 6.31. The number of nitrogens with one attached hydrogen (secondary N) is 2. The van der Waals surface area contributed by atoms with Crippen molar-refractivity contribution in [3.63, 3.8) is 0 Å². The number of aromatic nitrogens is 3. The fourth-order valence-corrected chi connectivity index (χ4v) is 4.52. The molecule has 0 bridgehead atoms. The molecule has 4 aromatic rings. The third-order valence-corrected chi connectivity index (χ3v) is 6.39. The predicted octanol–water partition coefficient (Wildman–Crippen LogP) is 5.05. The van der Waals surface area contributed by atoms with Crippen LogP contribution >= 0.6 is 11.6 Å². The average molecular weight is 435 g/mol. The van der Waals surface area contributed by atoms with Gasteiger partial charge in [-0.05, 0) is 49.1 Å². The summed E-state index contributed by atoms with van der Waals surface area (Å²) in [6.45, 7) is 4.51. The number of amides is 1. The van der Waals surface area contributed by atoms with Gasteiger partial charge in [-0.25, -0.2) is 0 Å². The Balaban J connectivity index is 1.53. The number of fused-ring (bicyclic) bond motifs is 1. The Morgan fingerprint density at radius 1 is 1.13 bits per heavy atom. The Morgan fingerprint density at radius 2 is 1.87 bits per heavy atom. The summed E-state index contributed by atoms with van der Waals surface area (Å²) in [5.41, 5.74) is 6.45. The normalized spacial score (nSPS) is 12.3. The van der Waals surface area contributed by atoms with Gasteiger partial charge in [0.25, 0.3) is 0 Å². The Kier molecular flexibility index (Phi) is 6.14. The number of hydrogen-bond acceptors (Lipinski definition) is 2. The number of carbonyl (C=O) groups is 1. The molecule has 0 radical (unpaired) electrons. The molecule has 1 amide bonds. The molecule has 1 atom stereocenters. The van der Waals surface area contributed by atoms with Gasteiger partial charge >= 0.3 is 0 Å². The number of para-hydroxylation sites is 1. The van der Waals surface area contributed by atoms with E-state index in [1.54, 1.807) is 0 Å². The fourth-order valence-electron chi connectivity index (χ4n) is 4.25. The molecule has 2 aromatic heterocycles.